The summed E-state index contributed by atoms with van der Waals surface area (Å²) in [5.74, 6) is 0.703. The topological polar surface area (TPSA) is 29.9 Å². The number of aromatic nitrogens is 2. The van der Waals surface area contributed by atoms with Gasteiger partial charge in [0.2, 0.25) is 0 Å². The second kappa shape index (κ2) is 6.56. The molecular formula is C16H29N3. The molecule has 0 amide bonds. The van der Waals surface area contributed by atoms with Crippen molar-refractivity contribution < 1.29 is 0 Å². The van der Waals surface area contributed by atoms with E-state index in [1.54, 1.807) is 0 Å². The maximum atomic E-state index is 4.81. The lowest BCUT2D eigenvalue weighted by Crippen LogP contribution is -2.20. The lowest BCUT2D eigenvalue weighted by Gasteiger charge is -2.23. The summed E-state index contributed by atoms with van der Waals surface area (Å²) in [5, 5.41) is 8.35. The standard InChI is InChI=1S/C16H29N3/c1-12(2)10-17-11-16-13(3)18-19(14(16)4)15-8-6-5-7-9-15/h12,15,17H,5-11H2,1-4H3. The third-order valence-electron chi connectivity index (χ3n) is 4.25. The van der Waals surface area contributed by atoms with Crippen LogP contribution in [0.5, 0.6) is 0 Å². The molecule has 3 nitrogen and oxygen atoms in total. The van der Waals surface area contributed by atoms with Gasteiger partial charge in [0.25, 0.3) is 0 Å². The highest BCUT2D eigenvalue weighted by Gasteiger charge is 2.20. The predicted molar refractivity (Wildman–Crippen MR) is 80.4 cm³/mol. The summed E-state index contributed by atoms with van der Waals surface area (Å²) in [6, 6.07) is 0.645. The average molecular weight is 263 g/mol. The first-order valence-electron chi connectivity index (χ1n) is 7.85. The van der Waals surface area contributed by atoms with Crippen LogP contribution >= 0.6 is 0 Å². The molecule has 1 aliphatic carbocycles. The Bertz CT molecular complexity index is 400. The van der Waals surface area contributed by atoms with E-state index < -0.39 is 0 Å². The smallest absolute Gasteiger partial charge is 0.0641 e. The van der Waals surface area contributed by atoms with Crippen molar-refractivity contribution in [1.82, 2.24) is 15.1 Å². The molecule has 1 N–H and O–H groups in total. The molecule has 0 spiro atoms. The Kier molecular flexibility index (Phi) is 5.03. The van der Waals surface area contributed by atoms with Crippen LogP contribution in [0.3, 0.4) is 0 Å². The van der Waals surface area contributed by atoms with E-state index in [0.29, 0.717) is 12.0 Å². The molecule has 0 saturated heterocycles. The minimum atomic E-state index is 0.645. The van der Waals surface area contributed by atoms with Crippen molar-refractivity contribution in [1.29, 1.82) is 0 Å². The van der Waals surface area contributed by atoms with Crippen LogP contribution in [-0.4, -0.2) is 16.3 Å². The SMILES string of the molecule is Cc1nn(C2CCCCC2)c(C)c1CNCC(C)C. The highest BCUT2D eigenvalue weighted by Crippen LogP contribution is 2.30. The fourth-order valence-electron chi connectivity index (χ4n) is 3.12. The van der Waals surface area contributed by atoms with Crippen LogP contribution < -0.4 is 5.32 Å². The number of nitrogens with one attached hydrogen (secondary N) is 1. The maximum absolute atomic E-state index is 4.81. The van der Waals surface area contributed by atoms with Crippen molar-refractivity contribution in [2.45, 2.75) is 72.4 Å². The number of hydrogen-bond acceptors (Lipinski definition) is 2. The first-order valence-corrected chi connectivity index (χ1v) is 7.85. The van der Waals surface area contributed by atoms with Crippen LogP contribution in [0.2, 0.25) is 0 Å². The van der Waals surface area contributed by atoms with E-state index in [4.69, 9.17) is 5.10 Å². The molecule has 19 heavy (non-hydrogen) atoms. The quantitative estimate of drug-likeness (QED) is 0.877. The fraction of sp³-hybridized carbons (Fsp3) is 0.812. The van der Waals surface area contributed by atoms with Crippen LogP contribution in [0.1, 0.15) is 68.9 Å². The van der Waals surface area contributed by atoms with Crippen molar-refractivity contribution >= 4 is 0 Å². The predicted octanol–water partition coefficient (Wildman–Crippen LogP) is 3.75. The molecule has 0 radical (unpaired) electrons. The average Bonchev–Trinajstić information content (AvgIpc) is 2.67. The van der Waals surface area contributed by atoms with Gasteiger partial charge in [0.1, 0.15) is 0 Å². The minimum absolute atomic E-state index is 0.645. The Morgan fingerprint density at radius 2 is 1.89 bits per heavy atom. The summed E-state index contributed by atoms with van der Waals surface area (Å²) in [5.41, 5.74) is 3.99. The molecule has 0 aromatic carbocycles. The van der Waals surface area contributed by atoms with Crippen LogP contribution in [0.4, 0.5) is 0 Å². The minimum Gasteiger partial charge on any atom is -0.312 e. The highest BCUT2D eigenvalue weighted by molar-refractivity contribution is 5.24. The highest BCUT2D eigenvalue weighted by atomic mass is 15.3. The van der Waals surface area contributed by atoms with Gasteiger partial charge in [-0.15, -0.1) is 0 Å². The second-order valence-corrected chi connectivity index (χ2v) is 6.41. The van der Waals surface area contributed by atoms with Gasteiger partial charge >= 0.3 is 0 Å². The van der Waals surface area contributed by atoms with Crippen LogP contribution in [-0.2, 0) is 6.54 Å². The number of hydrogen-bond donors (Lipinski definition) is 1. The van der Waals surface area contributed by atoms with Gasteiger partial charge in [-0.2, -0.15) is 5.10 Å². The van der Waals surface area contributed by atoms with Crippen molar-refractivity contribution in [3.8, 4) is 0 Å². The van der Waals surface area contributed by atoms with Crippen LogP contribution in [0, 0.1) is 19.8 Å². The third kappa shape index (κ3) is 3.59. The second-order valence-electron chi connectivity index (χ2n) is 6.41. The molecule has 1 fully saturated rings. The van der Waals surface area contributed by atoms with E-state index in [2.05, 4.69) is 37.7 Å². The zero-order chi connectivity index (χ0) is 13.8. The first kappa shape index (κ1) is 14.6. The largest absolute Gasteiger partial charge is 0.312 e. The summed E-state index contributed by atoms with van der Waals surface area (Å²) in [6.07, 6.45) is 6.74. The lowest BCUT2D eigenvalue weighted by molar-refractivity contribution is 0.323. The van der Waals surface area contributed by atoms with Crippen molar-refractivity contribution in [3.05, 3.63) is 17.0 Å². The zero-order valence-corrected chi connectivity index (χ0v) is 13.0. The van der Waals surface area contributed by atoms with E-state index in [-0.39, 0.29) is 0 Å². The summed E-state index contributed by atoms with van der Waals surface area (Å²) >= 11 is 0. The summed E-state index contributed by atoms with van der Waals surface area (Å²) in [4.78, 5) is 0. The molecule has 1 aromatic heterocycles. The van der Waals surface area contributed by atoms with E-state index in [1.807, 2.05) is 0 Å². The van der Waals surface area contributed by atoms with E-state index >= 15 is 0 Å². The molecule has 1 aromatic rings. The van der Waals surface area contributed by atoms with E-state index in [9.17, 15) is 0 Å². The Hall–Kier alpha value is -0.830. The molecule has 0 bridgehead atoms. The van der Waals surface area contributed by atoms with Crippen molar-refractivity contribution in [2.75, 3.05) is 6.54 Å². The Labute approximate surface area is 117 Å². The van der Waals surface area contributed by atoms with Gasteiger partial charge in [-0.1, -0.05) is 33.1 Å². The van der Waals surface area contributed by atoms with Gasteiger partial charge in [-0.05, 0) is 39.2 Å². The summed E-state index contributed by atoms with van der Waals surface area (Å²) in [7, 11) is 0. The van der Waals surface area contributed by atoms with Gasteiger partial charge < -0.3 is 5.32 Å². The molecule has 1 heterocycles. The molecular weight excluding hydrogens is 234 g/mol. The Balaban J connectivity index is 2.05. The molecule has 108 valence electrons. The number of rotatable bonds is 5. The fourth-order valence-corrected chi connectivity index (χ4v) is 3.12. The Morgan fingerprint density at radius 3 is 2.53 bits per heavy atom. The molecule has 2 rings (SSSR count). The third-order valence-corrected chi connectivity index (χ3v) is 4.25. The van der Waals surface area contributed by atoms with Gasteiger partial charge in [-0.3, -0.25) is 4.68 Å². The molecule has 3 heteroatoms. The monoisotopic (exact) mass is 263 g/mol. The first-order chi connectivity index (χ1) is 9.09. The summed E-state index contributed by atoms with van der Waals surface area (Å²) in [6.45, 7) is 10.9. The van der Waals surface area contributed by atoms with Gasteiger partial charge in [-0.25, -0.2) is 0 Å². The van der Waals surface area contributed by atoms with Gasteiger partial charge in [0.05, 0.1) is 11.7 Å². The van der Waals surface area contributed by atoms with Gasteiger partial charge in [0, 0.05) is 17.8 Å². The molecule has 1 saturated carbocycles. The van der Waals surface area contributed by atoms with Crippen LogP contribution in [0.25, 0.3) is 0 Å². The molecule has 0 atom stereocenters. The lowest BCUT2D eigenvalue weighted by atomic mass is 9.95. The summed E-state index contributed by atoms with van der Waals surface area (Å²) < 4.78 is 2.31. The molecule has 0 unspecified atom stereocenters. The van der Waals surface area contributed by atoms with E-state index in [0.717, 1.165) is 13.1 Å². The van der Waals surface area contributed by atoms with Crippen molar-refractivity contribution in [2.24, 2.45) is 5.92 Å². The van der Waals surface area contributed by atoms with Crippen molar-refractivity contribution in [3.63, 3.8) is 0 Å². The maximum Gasteiger partial charge on any atom is 0.0641 e. The normalized spacial score (nSPS) is 17.3. The zero-order valence-electron chi connectivity index (χ0n) is 13.0. The molecule has 0 aliphatic heterocycles. The van der Waals surface area contributed by atoms with Gasteiger partial charge in [0.15, 0.2) is 0 Å². The number of nitrogens with zero attached hydrogens (tertiary/aromatic N) is 2. The van der Waals surface area contributed by atoms with E-state index in [1.165, 1.54) is 49.1 Å². The Morgan fingerprint density at radius 1 is 1.21 bits per heavy atom. The van der Waals surface area contributed by atoms with Crippen LogP contribution in [0.15, 0.2) is 0 Å². The number of aryl methyl sites for hydroxylation is 1. The molecule has 1 aliphatic rings.